The predicted octanol–water partition coefficient (Wildman–Crippen LogP) is 3.60. The average Bonchev–Trinajstić information content (AvgIpc) is 2.75. The monoisotopic (exact) mass is 273 g/mol. The molecule has 0 aromatic carbocycles. The van der Waals surface area contributed by atoms with Crippen molar-refractivity contribution in [3.8, 4) is 6.07 Å². The Bertz CT molecular complexity index is 500. The molecule has 20 heavy (non-hydrogen) atoms. The van der Waals surface area contributed by atoms with E-state index in [1.165, 1.54) is 11.1 Å². The lowest BCUT2D eigenvalue weighted by Gasteiger charge is -2.41. The molecule has 3 nitrogen and oxygen atoms in total. The van der Waals surface area contributed by atoms with Crippen molar-refractivity contribution >= 4 is 0 Å². The SMILES string of the molecule is C[C@]12CCC3=C(CC[C@H](CCCC#N)O3)C1=CC[C@H]2O. The van der Waals surface area contributed by atoms with E-state index in [0.717, 1.165) is 50.7 Å². The zero-order chi connectivity index (χ0) is 14.2. The molecular formula is C17H23NO2. The maximum atomic E-state index is 10.2. The van der Waals surface area contributed by atoms with Gasteiger partial charge < -0.3 is 9.84 Å². The van der Waals surface area contributed by atoms with Crippen LogP contribution in [0.3, 0.4) is 0 Å². The highest BCUT2D eigenvalue weighted by Gasteiger charge is 2.46. The van der Waals surface area contributed by atoms with Gasteiger partial charge in [0.2, 0.25) is 0 Å². The first kappa shape index (κ1) is 13.7. The molecule has 2 aliphatic carbocycles. The molecule has 3 atom stereocenters. The zero-order valence-corrected chi connectivity index (χ0v) is 12.2. The van der Waals surface area contributed by atoms with Crippen LogP contribution in [0.25, 0.3) is 0 Å². The van der Waals surface area contributed by atoms with E-state index in [9.17, 15) is 5.11 Å². The largest absolute Gasteiger partial charge is 0.494 e. The number of unbranched alkanes of at least 4 members (excludes halogenated alkanes) is 1. The number of nitriles is 1. The summed E-state index contributed by atoms with van der Waals surface area (Å²) < 4.78 is 6.17. The summed E-state index contributed by atoms with van der Waals surface area (Å²) in [6.07, 6.45) is 9.69. The number of nitrogens with zero attached hydrogens (tertiary/aromatic N) is 1. The zero-order valence-electron chi connectivity index (χ0n) is 12.2. The molecule has 0 saturated carbocycles. The molecule has 1 N–H and O–H groups in total. The highest BCUT2D eigenvalue weighted by atomic mass is 16.5. The van der Waals surface area contributed by atoms with Crippen molar-refractivity contribution in [3.05, 3.63) is 23.0 Å². The van der Waals surface area contributed by atoms with Crippen molar-refractivity contribution in [2.75, 3.05) is 0 Å². The highest BCUT2D eigenvalue weighted by molar-refractivity contribution is 5.45. The van der Waals surface area contributed by atoms with E-state index in [-0.39, 0.29) is 11.5 Å². The Hall–Kier alpha value is -1.27. The summed E-state index contributed by atoms with van der Waals surface area (Å²) in [4.78, 5) is 0. The van der Waals surface area contributed by atoms with Crippen molar-refractivity contribution < 1.29 is 9.84 Å². The van der Waals surface area contributed by atoms with E-state index in [4.69, 9.17) is 10.00 Å². The molecule has 0 fully saturated rings. The number of ether oxygens (including phenoxy) is 1. The summed E-state index contributed by atoms with van der Waals surface area (Å²) in [5, 5.41) is 18.8. The molecule has 3 heteroatoms. The summed E-state index contributed by atoms with van der Waals surface area (Å²) in [6, 6.07) is 2.20. The summed E-state index contributed by atoms with van der Waals surface area (Å²) in [5.74, 6) is 1.16. The number of rotatable bonds is 3. The van der Waals surface area contributed by atoms with Crippen molar-refractivity contribution in [2.24, 2.45) is 5.41 Å². The number of hydrogen-bond acceptors (Lipinski definition) is 3. The third kappa shape index (κ3) is 2.16. The lowest BCUT2D eigenvalue weighted by atomic mass is 9.69. The van der Waals surface area contributed by atoms with Crippen LogP contribution < -0.4 is 0 Å². The summed E-state index contributed by atoms with van der Waals surface area (Å²) >= 11 is 0. The Morgan fingerprint density at radius 2 is 2.35 bits per heavy atom. The van der Waals surface area contributed by atoms with Gasteiger partial charge in [-0.25, -0.2) is 0 Å². The summed E-state index contributed by atoms with van der Waals surface area (Å²) in [5.41, 5.74) is 2.67. The van der Waals surface area contributed by atoms with Gasteiger partial charge in [0.05, 0.1) is 24.0 Å². The third-order valence-electron chi connectivity index (χ3n) is 5.27. The van der Waals surface area contributed by atoms with E-state index in [2.05, 4.69) is 19.1 Å². The lowest BCUT2D eigenvalue weighted by Crippen LogP contribution is -2.35. The first-order valence-electron chi connectivity index (χ1n) is 7.80. The number of allylic oxidation sites excluding steroid dienone is 2. The van der Waals surface area contributed by atoms with E-state index in [1.54, 1.807) is 0 Å². The molecule has 0 saturated heterocycles. The van der Waals surface area contributed by atoms with E-state index >= 15 is 0 Å². The molecule has 108 valence electrons. The summed E-state index contributed by atoms with van der Waals surface area (Å²) in [6.45, 7) is 2.19. The van der Waals surface area contributed by atoms with Gasteiger partial charge >= 0.3 is 0 Å². The molecule has 1 heterocycles. The second-order valence-corrected chi connectivity index (χ2v) is 6.52. The number of hydrogen-bond donors (Lipinski definition) is 1. The number of aliphatic hydroxyl groups is 1. The van der Waals surface area contributed by atoms with Crippen molar-refractivity contribution in [1.29, 1.82) is 5.26 Å². The topological polar surface area (TPSA) is 53.2 Å². The minimum Gasteiger partial charge on any atom is -0.494 e. The van der Waals surface area contributed by atoms with Crippen molar-refractivity contribution in [3.63, 3.8) is 0 Å². The van der Waals surface area contributed by atoms with Crippen LogP contribution in [-0.4, -0.2) is 17.3 Å². The van der Waals surface area contributed by atoms with E-state index in [1.807, 2.05) is 0 Å². The van der Waals surface area contributed by atoms with Gasteiger partial charge in [0.15, 0.2) is 0 Å². The standard InChI is InChI=1S/C17H23NO2/c1-17-10-9-15-13(14(17)7-8-16(17)19)6-5-12(20-15)4-2-3-11-18/h7,12,16,19H,2-6,8-10H2,1H3/t12-,16+,17-/m0/s1. The maximum absolute atomic E-state index is 10.2. The Balaban J connectivity index is 1.72. The Labute approximate surface area is 120 Å². The minimum atomic E-state index is -0.222. The summed E-state index contributed by atoms with van der Waals surface area (Å²) in [7, 11) is 0. The number of fused-ring (bicyclic) bond motifs is 2. The second kappa shape index (κ2) is 5.26. The van der Waals surface area contributed by atoms with Crippen LogP contribution in [0.5, 0.6) is 0 Å². The molecule has 0 radical (unpaired) electrons. The van der Waals surface area contributed by atoms with Crippen LogP contribution in [0, 0.1) is 16.7 Å². The Morgan fingerprint density at radius 1 is 1.50 bits per heavy atom. The Kier molecular flexibility index (Phi) is 3.60. The smallest absolute Gasteiger partial charge is 0.0999 e. The van der Waals surface area contributed by atoms with E-state index < -0.39 is 0 Å². The third-order valence-corrected chi connectivity index (χ3v) is 5.27. The van der Waals surface area contributed by atoms with Crippen molar-refractivity contribution in [1.82, 2.24) is 0 Å². The molecule has 1 aliphatic heterocycles. The van der Waals surface area contributed by atoms with Crippen LogP contribution >= 0.6 is 0 Å². The van der Waals surface area contributed by atoms with Gasteiger partial charge in [0.25, 0.3) is 0 Å². The van der Waals surface area contributed by atoms with Gasteiger partial charge in [-0.15, -0.1) is 0 Å². The fourth-order valence-electron chi connectivity index (χ4n) is 3.93. The van der Waals surface area contributed by atoms with Gasteiger partial charge in [-0.1, -0.05) is 13.0 Å². The molecule has 0 unspecified atom stereocenters. The quantitative estimate of drug-likeness (QED) is 0.799. The molecule has 0 aromatic rings. The lowest BCUT2D eigenvalue weighted by molar-refractivity contribution is 0.0388. The molecule has 0 bridgehead atoms. The number of aliphatic hydroxyl groups excluding tert-OH is 1. The van der Waals surface area contributed by atoms with Crippen LogP contribution in [0.4, 0.5) is 0 Å². The normalized spacial score (nSPS) is 35.8. The minimum absolute atomic E-state index is 0.0458. The fraction of sp³-hybridized carbons (Fsp3) is 0.706. The molecule has 0 amide bonds. The molecule has 3 rings (SSSR count). The molecule has 0 aromatic heterocycles. The van der Waals surface area contributed by atoms with Gasteiger partial charge in [-0.2, -0.15) is 5.26 Å². The molecule has 0 spiro atoms. The van der Waals surface area contributed by atoms with Crippen molar-refractivity contribution in [2.45, 2.75) is 70.5 Å². The van der Waals surface area contributed by atoms with Gasteiger partial charge in [0.1, 0.15) is 0 Å². The van der Waals surface area contributed by atoms with Gasteiger partial charge in [0, 0.05) is 18.3 Å². The molecule has 3 aliphatic rings. The average molecular weight is 273 g/mol. The predicted molar refractivity (Wildman–Crippen MR) is 76.6 cm³/mol. The van der Waals surface area contributed by atoms with Gasteiger partial charge in [-0.3, -0.25) is 0 Å². The Morgan fingerprint density at radius 3 is 3.15 bits per heavy atom. The first-order valence-corrected chi connectivity index (χ1v) is 7.80. The van der Waals surface area contributed by atoms with Gasteiger partial charge in [-0.05, 0) is 49.7 Å². The van der Waals surface area contributed by atoms with Crippen LogP contribution in [-0.2, 0) is 4.74 Å². The maximum Gasteiger partial charge on any atom is 0.0999 e. The van der Waals surface area contributed by atoms with E-state index in [0.29, 0.717) is 12.5 Å². The second-order valence-electron chi connectivity index (χ2n) is 6.52. The van der Waals surface area contributed by atoms with Crippen LogP contribution in [0.2, 0.25) is 0 Å². The highest BCUT2D eigenvalue weighted by Crippen LogP contribution is 2.53. The first-order chi connectivity index (χ1) is 9.65. The van der Waals surface area contributed by atoms with Crippen LogP contribution in [0.1, 0.15) is 58.3 Å². The molecular weight excluding hydrogens is 250 g/mol. The fourth-order valence-corrected chi connectivity index (χ4v) is 3.93. The van der Waals surface area contributed by atoms with Crippen LogP contribution in [0.15, 0.2) is 23.0 Å².